The second-order valence-corrected chi connectivity index (χ2v) is 6.12. The van der Waals surface area contributed by atoms with Crippen molar-refractivity contribution in [2.45, 2.75) is 52.9 Å². The molecule has 0 fully saturated rings. The van der Waals surface area contributed by atoms with Gasteiger partial charge in [-0.3, -0.25) is 9.59 Å². The fourth-order valence-electron chi connectivity index (χ4n) is 2.31. The monoisotopic (exact) mass is 286 g/mol. The lowest BCUT2D eigenvalue weighted by molar-refractivity contribution is -0.138. The van der Waals surface area contributed by atoms with Crippen molar-refractivity contribution in [2.75, 3.05) is 13.1 Å². The molecule has 0 aromatic rings. The van der Waals surface area contributed by atoms with Crippen molar-refractivity contribution in [3.63, 3.8) is 0 Å². The molecular formula is C15H30N2O3. The lowest BCUT2D eigenvalue weighted by Crippen LogP contribution is -2.31. The maximum absolute atomic E-state index is 11.7. The summed E-state index contributed by atoms with van der Waals surface area (Å²) >= 11 is 0. The first-order chi connectivity index (χ1) is 9.35. The highest BCUT2D eigenvalue weighted by molar-refractivity contribution is 5.76. The van der Waals surface area contributed by atoms with Crippen LogP contribution in [0.25, 0.3) is 0 Å². The molecule has 1 unspecified atom stereocenters. The van der Waals surface area contributed by atoms with E-state index in [-0.39, 0.29) is 18.2 Å². The smallest absolute Gasteiger partial charge is 0.303 e. The molecule has 0 saturated heterocycles. The van der Waals surface area contributed by atoms with Gasteiger partial charge in [0, 0.05) is 19.4 Å². The van der Waals surface area contributed by atoms with Crippen molar-refractivity contribution in [3.8, 4) is 0 Å². The number of amides is 1. The Bertz CT molecular complexity index is 293. The highest BCUT2D eigenvalue weighted by Crippen LogP contribution is 2.15. The first-order valence-corrected chi connectivity index (χ1v) is 7.53. The highest BCUT2D eigenvalue weighted by atomic mass is 16.4. The van der Waals surface area contributed by atoms with Gasteiger partial charge in [-0.25, -0.2) is 0 Å². The Morgan fingerprint density at radius 1 is 1.20 bits per heavy atom. The summed E-state index contributed by atoms with van der Waals surface area (Å²) in [6.07, 6.45) is 3.18. The number of hydrogen-bond donors (Lipinski definition) is 3. The van der Waals surface area contributed by atoms with Crippen LogP contribution in [-0.2, 0) is 9.59 Å². The Morgan fingerprint density at radius 3 is 2.35 bits per heavy atom. The van der Waals surface area contributed by atoms with E-state index in [1.165, 1.54) is 0 Å². The molecule has 0 heterocycles. The molecule has 0 aliphatic carbocycles. The molecule has 0 radical (unpaired) electrons. The minimum absolute atomic E-state index is 0.00742. The first-order valence-electron chi connectivity index (χ1n) is 7.53. The van der Waals surface area contributed by atoms with E-state index in [0.29, 0.717) is 31.3 Å². The van der Waals surface area contributed by atoms with E-state index < -0.39 is 5.97 Å². The Hall–Kier alpha value is -1.10. The van der Waals surface area contributed by atoms with Crippen molar-refractivity contribution >= 4 is 11.9 Å². The molecule has 0 bridgehead atoms. The predicted octanol–water partition coefficient (Wildman–Crippen LogP) is 2.00. The van der Waals surface area contributed by atoms with Crippen LogP contribution >= 0.6 is 0 Å². The van der Waals surface area contributed by atoms with Crippen molar-refractivity contribution < 1.29 is 14.7 Å². The lowest BCUT2D eigenvalue weighted by atomic mass is 9.94. The van der Waals surface area contributed by atoms with E-state index in [0.717, 1.165) is 19.3 Å². The van der Waals surface area contributed by atoms with Crippen LogP contribution in [0, 0.1) is 17.8 Å². The van der Waals surface area contributed by atoms with Gasteiger partial charge in [0.1, 0.15) is 0 Å². The molecular weight excluding hydrogens is 256 g/mol. The van der Waals surface area contributed by atoms with Crippen molar-refractivity contribution in [2.24, 2.45) is 23.5 Å². The van der Waals surface area contributed by atoms with Crippen LogP contribution in [0.4, 0.5) is 0 Å². The second-order valence-electron chi connectivity index (χ2n) is 6.12. The van der Waals surface area contributed by atoms with Gasteiger partial charge in [-0.05, 0) is 43.6 Å². The summed E-state index contributed by atoms with van der Waals surface area (Å²) in [6, 6.07) is 0. The SMILES string of the molecule is CC(C)C[C@H](CNC(=O)CCC(C)CCN)CC(=O)O. The van der Waals surface area contributed by atoms with Gasteiger partial charge in [0.25, 0.3) is 0 Å². The number of carbonyl (C=O) groups excluding carboxylic acids is 1. The zero-order valence-electron chi connectivity index (χ0n) is 13.0. The van der Waals surface area contributed by atoms with E-state index in [1.54, 1.807) is 0 Å². The third-order valence-electron chi connectivity index (χ3n) is 3.38. The Kier molecular flexibility index (Phi) is 10.1. The van der Waals surface area contributed by atoms with Gasteiger partial charge in [-0.15, -0.1) is 0 Å². The van der Waals surface area contributed by atoms with Gasteiger partial charge in [-0.1, -0.05) is 20.8 Å². The summed E-state index contributed by atoms with van der Waals surface area (Å²) < 4.78 is 0. The van der Waals surface area contributed by atoms with Crippen molar-refractivity contribution in [1.29, 1.82) is 0 Å². The van der Waals surface area contributed by atoms with Crippen molar-refractivity contribution in [1.82, 2.24) is 5.32 Å². The summed E-state index contributed by atoms with van der Waals surface area (Å²) in [5, 5.41) is 11.7. The van der Waals surface area contributed by atoms with Crippen molar-refractivity contribution in [3.05, 3.63) is 0 Å². The van der Waals surface area contributed by atoms with Crippen LogP contribution in [0.5, 0.6) is 0 Å². The van der Waals surface area contributed by atoms with Gasteiger partial charge in [0.15, 0.2) is 0 Å². The molecule has 0 spiro atoms. The normalized spacial score (nSPS) is 14.1. The molecule has 0 saturated carbocycles. The van der Waals surface area contributed by atoms with Gasteiger partial charge in [0.2, 0.25) is 5.91 Å². The second kappa shape index (κ2) is 10.7. The number of carboxylic acid groups (broad SMARTS) is 1. The summed E-state index contributed by atoms with van der Waals surface area (Å²) in [6.45, 7) is 7.31. The molecule has 118 valence electrons. The predicted molar refractivity (Wildman–Crippen MR) is 80.3 cm³/mol. The number of carbonyl (C=O) groups is 2. The van der Waals surface area contributed by atoms with Gasteiger partial charge < -0.3 is 16.2 Å². The molecule has 5 heteroatoms. The summed E-state index contributed by atoms with van der Waals surface area (Å²) in [7, 11) is 0. The fraction of sp³-hybridized carbons (Fsp3) is 0.867. The van der Waals surface area contributed by atoms with E-state index >= 15 is 0 Å². The number of hydrogen-bond acceptors (Lipinski definition) is 3. The molecule has 1 amide bonds. The minimum atomic E-state index is -0.804. The number of carboxylic acids is 1. The Labute approximate surface area is 122 Å². The largest absolute Gasteiger partial charge is 0.481 e. The van der Waals surface area contributed by atoms with E-state index in [1.807, 2.05) is 0 Å². The molecule has 5 nitrogen and oxygen atoms in total. The zero-order chi connectivity index (χ0) is 15.5. The summed E-state index contributed by atoms with van der Waals surface area (Å²) in [4.78, 5) is 22.5. The van der Waals surface area contributed by atoms with E-state index in [2.05, 4.69) is 26.1 Å². The molecule has 0 rings (SSSR count). The van der Waals surface area contributed by atoms with Gasteiger partial charge in [0.05, 0.1) is 0 Å². The number of aliphatic carboxylic acids is 1. The first kappa shape index (κ1) is 18.9. The molecule has 4 N–H and O–H groups in total. The van der Waals surface area contributed by atoms with Crippen LogP contribution in [0.15, 0.2) is 0 Å². The maximum Gasteiger partial charge on any atom is 0.303 e. The Morgan fingerprint density at radius 2 is 1.85 bits per heavy atom. The zero-order valence-corrected chi connectivity index (χ0v) is 13.0. The molecule has 0 aliphatic heterocycles. The highest BCUT2D eigenvalue weighted by Gasteiger charge is 2.16. The van der Waals surface area contributed by atoms with Gasteiger partial charge in [-0.2, -0.15) is 0 Å². The number of nitrogens with two attached hydrogens (primary N) is 1. The van der Waals surface area contributed by atoms with Crippen LogP contribution in [0.1, 0.15) is 52.9 Å². The van der Waals surface area contributed by atoms with Crippen LogP contribution in [0.3, 0.4) is 0 Å². The van der Waals surface area contributed by atoms with Crippen LogP contribution in [0.2, 0.25) is 0 Å². The lowest BCUT2D eigenvalue weighted by Gasteiger charge is -2.18. The maximum atomic E-state index is 11.7. The topological polar surface area (TPSA) is 92.4 Å². The van der Waals surface area contributed by atoms with Gasteiger partial charge >= 0.3 is 5.97 Å². The molecule has 20 heavy (non-hydrogen) atoms. The Balaban J connectivity index is 4.00. The molecule has 0 aromatic carbocycles. The molecule has 0 aromatic heterocycles. The molecule has 2 atom stereocenters. The van der Waals surface area contributed by atoms with Crippen LogP contribution in [-0.4, -0.2) is 30.1 Å². The average molecular weight is 286 g/mol. The average Bonchev–Trinajstić information content (AvgIpc) is 2.32. The quantitative estimate of drug-likeness (QED) is 0.541. The van der Waals surface area contributed by atoms with Crippen LogP contribution < -0.4 is 11.1 Å². The summed E-state index contributed by atoms with van der Waals surface area (Å²) in [5.41, 5.74) is 5.47. The third-order valence-corrected chi connectivity index (χ3v) is 3.38. The van der Waals surface area contributed by atoms with E-state index in [4.69, 9.17) is 10.8 Å². The minimum Gasteiger partial charge on any atom is -0.481 e. The fourth-order valence-corrected chi connectivity index (χ4v) is 2.31. The third kappa shape index (κ3) is 10.8. The number of nitrogens with one attached hydrogen (secondary N) is 1. The summed E-state index contributed by atoms with van der Waals surface area (Å²) in [5.74, 6) is 0.101. The number of rotatable bonds is 11. The standard InChI is InChI=1S/C15H30N2O3/c1-11(2)8-13(9-15(19)20)10-17-14(18)5-4-12(3)6-7-16/h11-13H,4-10,16H2,1-3H3,(H,17,18)(H,19,20)/t12?,13-/m0/s1. The van der Waals surface area contributed by atoms with E-state index in [9.17, 15) is 9.59 Å². The molecule has 0 aliphatic rings.